The van der Waals surface area contributed by atoms with Gasteiger partial charge in [-0.3, -0.25) is 0 Å². The molecule has 1 amide bonds. The molecule has 0 saturated heterocycles. The summed E-state index contributed by atoms with van der Waals surface area (Å²) >= 11 is 3.38. The van der Waals surface area contributed by atoms with Crippen molar-refractivity contribution in [1.82, 2.24) is 10.3 Å². The number of hydrogen-bond acceptors (Lipinski definition) is 5. The fourth-order valence-corrected chi connectivity index (χ4v) is 3.05. The largest absolute Gasteiger partial charge is 0.444 e. The Bertz CT molecular complexity index is 628. The molecule has 0 spiro atoms. The number of pyridine rings is 1. The molecule has 2 N–H and O–H groups in total. The number of carbonyl (C=O) groups excluding carboxylic acids is 1. The predicted octanol–water partition coefficient (Wildman–Crippen LogP) is 3.96. The Morgan fingerprint density at radius 3 is 2.54 bits per heavy atom. The third kappa shape index (κ3) is 5.68. The van der Waals surface area contributed by atoms with Gasteiger partial charge < -0.3 is 15.4 Å². The molecule has 0 aliphatic heterocycles. The number of amides is 1. The van der Waals surface area contributed by atoms with E-state index in [4.69, 9.17) is 10.00 Å². The molecule has 1 aliphatic carbocycles. The van der Waals surface area contributed by atoms with E-state index in [-0.39, 0.29) is 18.2 Å². The van der Waals surface area contributed by atoms with Crippen molar-refractivity contribution < 1.29 is 9.53 Å². The van der Waals surface area contributed by atoms with Crippen LogP contribution in [0.4, 0.5) is 10.5 Å². The van der Waals surface area contributed by atoms with Crippen LogP contribution in [0.25, 0.3) is 0 Å². The summed E-state index contributed by atoms with van der Waals surface area (Å²) in [6.07, 6.45) is 4.84. The zero-order valence-electron chi connectivity index (χ0n) is 14.2. The molecule has 1 aliphatic rings. The van der Waals surface area contributed by atoms with Crippen molar-refractivity contribution in [2.75, 3.05) is 5.32 Å². The molecule has 24 heavy (non-hydrogen) atoms. The third-order valence-corrected chi connectivity index (χ3v) is 4.20. The van der Waals surface area contributed by atoms with Crippen LogP contribution in [0.5, 0.6) is 0 Å². The fraction of sp³-hybridized carbons (Fsp3) is 0.588. The van der Waals surface area contributed by atoms with E-state index in [9.17, 15) is 4.79 Å². The molecular formula is C17H23BrN4O2. The van der Waals surface area contributed by atoms with Crippen LogP contribution in [-0.4, -0.2) is 28.8 Å². The summed E-state index contributed by atoms with van der Waals surface area (Å²) in [5, 5.41) is 15.5. The highest BCUT2D eigenvalue weighted by Gasteiger charge is 2.25. The minimum Gasteiger partial charge on any atom is -0.444 e. The van der Waals surface area contributed by atoms with Gasteiger partial charge in [0.1, 0.15) is 11.7 Å². The number of hydrogen-bond donors (Lipinski definition) is 2. The molecule has 1 fully saturated rings. The van der Waals surface area contributed by atoms with Gasteiger partial charge in [-0.05, 0) is 68.5 Å². The summed E-state index contributed by atoms with van der Waals surface area (Å²) in [7, 11) is 0. The number of nitriles is 1. The van der Waals surface area contributed by atoms with Gasteiger partial charge in [-0.25, -0.2) is 9.78 Å². The number of halogens is 1. The van der Waals surface area contributed by atoms with Crippen molar-refractivity contribution in [3.05, 3.63) is 22.4 Å². The second-order valence-electron chi connectivity index (χ2n) is 7.00. The summed E-state index contributed by atoms with van der Waals surface area (Å²) in [6, 6.07) is 4.37. The van der Waals surface area contributed by atoms with E-state index in [1.54, 1.807) is 6.20 Å². The lowest BCUT2D eigenvalue weighted by Crippen LogP contribution is -2.42. The average Bonchev–Trinajstić information content (AvgIpc) is 2.47. The molecule has 1 saturated carbocycles. The molecule has 1 heterocycles. The van der Waals surface area contributed by atoms with Crippen LogP contribution in [0.2, 0.25) is 0 Å². The third-order valence-electron chi connectivity index (χ3n) is 3.77. The van der Waals surface area contributed by atoms with Gasteiger partial charge in [0, 0.05) is 22.8 Å². The zero-order valence-corrected chi connectivity index (χ0v) is 15.8. The van der Waals surface area contributed by atoms with Crippen LogP contribution in [0, 0.1) is 11.3 Å². The van der Waals surface area contributed by atoms with Gasteiger partial charge in [-0.1, -0.05) is 0 Å². The van der Waals surface area contributed by atoms with E-state index in [1.165, 1.54) is 0 Å². The van der Waals surface area contributed by atoms with Gasteiger partial charge in [0.15, 0.2) is 5.69 Å². The summed E-state index contributed by atoms with van der Waals surface area (Å²) < 4.78 is 6.13. The zero-order chi connectivity index (χ0) is 17.7. The maximum atomic E-state index is 11.8. The highest BCUT2D eigenvalue weighted by molar-refractivity contribution is 9.10. The van der Waals surface area contributed by atoms with Gasteiger partial charge in [-0.2, -0.15) is 5.26 Å². The van der Waals surface area contributed by atoms with Gasteiger partial charge in [-0.15, -0.1) is 0 Å². The Labute approximate surface area is 151 Å². The monoisotopic (exact) mass is 394 g/mol. The van der Waals surface area contributed by atoms with Crippen LogP contribution >= 0.6 is 15.9 Å². The summed E-state index contributed by atoms with van der Waals surface area (Å²) in [5.41, 5.74) is 0.659. The van der Waals surface area contributed by atoms with Gasteiger partial charge in [0.05, 0.1) is 5.69 Å². The average molecular weight is 395 g/mol. The SMILES string of the molecule is CC(C)(C)OC(=O)NC1CCC(Nc2cc(Br)cnc2C#N)CC1. The first kappa shape index (κ1) is 18.5. The molecule has 0 radical (unpaired) electrons. The molecule has 6 nitrogen and oxygen atoms in total. The molecule has 1 aromatic rings. The Morgan fingerprint density at radius 2 is 1.96 bits per heavy atom. The molecule has 0 atom stereocenters. The highest BCUT2D eigenvalue weighted by Crippen LogP contribution is 2.25. The van der Waals surface area contributed by atoms with Gasteiger partial charge in [0.25, 0.3) is 0 Å². The molecule has 0 aromatic carbocycles. The number of aromatic nitrogens is 1. The predicted molar refractivity (Wildman–Crippen MR) is 95.7 cm³/mol. The molecule has 1 aromatic heterocycles. The van der Waals surface area contributed by atoms with Crippen LogP contribution in [0.1, 0.15) is 52.1 Å². The van der Waals surface area contributed by atoms with E-state index in [0.29, 0.717) is 5.69 Å². The summed E-state index contributed by atoms with van der Waals surface area (Å²) in [5.74, 6) is 0. The fourth-order valence-electron chi connectivity index (χ4n) is 2.71. The van der Waals surface area contributed by atoms with Gasteiger partial charge >= 0.3 is 6.09 Å². The first-order valence-electron chi connectivity index (χ1n) is 8.08. The minimum atomic E-state index is -0.482. The van der Waals surface area contributed by atoms with Crippen molar-refractivity contribution >= 4 is 27.7 Å². The van der Waals surface area contributed by atoms with E-state index in [0.717, 1.165) is 35.8 Å². The van der Waals surface area contributed by atoms with Crippen molar-refractivity contribution in [3.63, 3.8) is 0 Å². The Kier molecular flexibility index (Phi) is 6.05. The van der Waals surface area contributed by atoms with Crippen molar-refractivity contribution in [1.29, 1.82) is 5.26 Å². The maximum absolute atomic E-state index is 11.8. The second kappa shape index (κ2) is 7.84. The Hall–Kier alpha value is -1.81. The topological polar surface area (TPSA) is 87.0 Å². The lowest BCUT2D eigenvalue weighted by molar-refractivity contribution is 0.0492. The minimum absolute atomic E-state index is 0.133. The Balaban J connectivity index is 1.84. The van der Waals surface area contributed by atoms with Crippen molar-refractivity contribution in [2.45, 2.75) is 64.1 Å². The number of nitrogens with zero attached hydrogens (tertiary/aromatic N) is 2. The first-order chi connectivity index (χ1) is 11.3. The quantitative estimate of drug-likeness (QED) is 0.809. The normalized spacial score (nSPS) is 20.8. The number of alkyl carbamates (subject to hydrolysis) is 1. The number of anilines is 1. The van der Waals surface area contributed by atoms with Crippen molar-refractivity contribution in [3.8, 4) is 6.07 Å². The molecule has 0 unspecified atom stereocenters. The summed E-state index contributed by atoms with van der Waals surface area (Å²) in [4.78, 5) is 15.9. The summed E-state index contributed by atoms with van der Waals surface area (Å²) in [6.45, 7) is 5.56. The number of ether oxygens (including phenoxy) is 1. The highest BCUT2D eigenvalue weighted by atomic mass is 79.9. The van der Waals surface area contributed by atoms with Crippen LogP contribution < -0.4 is 10.6 Å². The standard InChI is InChI=1S/C17H23BrN4O2/c1-17(2,3)24-16(23)22-13-6-4-12(5-7-13)21-14-8-11(18)10-20-15(14)9-19/h8,10,12-13,21H,4-7H2,1-3H3,(H,22,23). The van der Waals surface area contributed by atoms with Crippen LogP contribution in [0.3, 0.4) is 0 Å². The molecule has 7 heteroatoms. The molecule has 2 rings (SSSR count). The van der Waals surface area contributed by atoms with Crippen molar-refractivity contribution in [2.24, 2.45) is 0 Å². The maximum Gasteiger partial charge on any atom is 0.407 e. The number of rotatable bonds is 3. The number of carbonyl (C=O) groups is 1. The van der Waals surface area contributed by atoms with Gasteiger partial charge in [0.2, 0.25) is 0 Å². The number of nitrogens with one attached hydrogen (secondary N) is 2. The van der Waals surface area contributed by atoms with Crippen LogP contribution in [-0.2, 0) is 4.74 Å². The lowest BCUT2D eigenvalue weighted by atomic mass is 9.91. The Morgan fingerprint density at radius 1 is 1.33 bits per heavy atom. The van der Waals surface area contributed by atoms with E-state index < -0.39 is 5.60 Å². The van der Waals surface area contributed by atoms with E-state index in [2.05, 4.69) is 37.6 Å². The first-order valence-corrected chi connectivity index (χ1v) is 8.88. The molecule has 0 bridgehead atoms. The smallest absolute Gasteiger partial charge is 0.407 e. The lowest BCUT2D eigenvalue weighted by Gasteiger charge is -2.31. The van der Waals surface area contributed by atoms with E-state index >= 15 is 0 Å². The molecular weight excluding hydrogens is 372 g/mol. The van der Waals surface area contributed by atoms with E-state index in [1.807, 2.05) is 26.8 Å². The van der Waals surface area contributed by atoms with Crippen LogP contribution in [0.15, 0.2) is 16.7 Å². The second-order valence-corrected chi connectivity index (χ2v) is 7.92. The molecule has 130 valence electrons.